The molecule has 1 amide bonds. The first kappa shape index (κ1) is 10.6. The van der Waals surface area contributed by atoms with E-state index in [2.05, 4.69) is 10.4 Å². The number of nitrogens with one attached hydrogen (secondary N) is 1. The van der Waals surface area contributed by atoms with Crippen molar-refractivity contribution in [2.45, 2.75) is 13.3 Å². The van der Waals surface area contributed by atoms with Gasteiger partial charge in [-0.3, -0.25) is 4.79 Å². The SMILES string of the molecule is Cc1cc(OCCCNC=O)n(C)n1. The van der Waals surface area contributed by atoms with Crippen LogP contribution in [0.4, 0.5) is 0 Å². The van der Waals surface area contributed by atoms with Gasteiger partial charge in [0.15, 0.2) is 0 Å². The van der Waals surface area contributed by atoms with E-state index in [0.29, 0.717) is 19.6 Å². The summed E-state index contributed by atoms with van der Waals surface area (Å²) in [7, 11) is 1.84. The largest absolute Gasteiger partial charge is 0.478 e. The predicted octanol–water partition coefficient (Wildman–Crippen LogP) is 0.243. The third kappa shape index (κ3) is 3.08. The van der Waals surface area contributed by atoms with Gasteiger partial charge in [-0.15, -0.1) is 0 Å². The van der Waals surface area contributed by atoms with Crippen LogP contribution in [0.2, 0.25) is 0 Å². The molecule has 0 atom stereocenters. The van der Waals surface area contributed by atoms with Gasteiger partial charge in [0.1, 0.15) is 0 Å². The molecule has 78 valence electrons. The second kappa shape index (κ2) is 5.26. The molecule has 1 rings (SSSR count). The Labute approximate surface area is 83.1 Å². The number of aromatic nitrogens is 2. The van der Waals surface area contributed by atoms with Gasteiger partial charge in [0.2, 0.25) is 12.3 Å². The van der Waals surface area contributed by atoms with Crippen molar-refractivity contribution < 1.29 is 9.53 Å². The normalized spacial score (nSPS) is 9.86. The number of amides is 1. The number of aryl methyl sites for hydroxylation is 2. The lowest BCUT2D eigenvalue weighted by Gasteiger charge is -2.04. The molecule has 1 N–H and O–H groups in total. The third-order valence-electron chi connectivity index (χ3n) is 1.76. The Morgan fingerprint density at radius 3 is 3.07 bits per heavy atom. The molecular formula is C9H15N3O2. The van der Waals surface area contributed by atoms with E-state index in [9.17, 15) is 4.79 Å². The van der Waals surface area contributed by atoms with E-state index in [1.54, 1.807) is 4.68 Å². The molecule has 0 saturated heterocycles. The Balaban J connectivity index is 2.24. The number of nitrogens with zero attached hydrogens (tertiary/aromatic N) is 2. The molecule has 1 aromatic heterocycles. The quantitative estimate of drug-likeness (QED) is 0.525. The highest BCUT2D eigenvalue weighted by molar-refractivity contribution is 5.45. The first-order chi connectivity index (χ1) is 6.74. The third-order valence-corrected chi connectivity index (χ3v) is 1.76. The zero-order valence-electron chi connectivity index (χ0n) is 8.49. The highest BCUT2D eigenvalue weighted by Gasteiger charge is 2.01. The highest BCUT2D eigenvalue weighted by Crippen LogP contribution is 2.10. The summed E-state index contributed by atoms with van der Waals surface area (Å²) in [5.74, 6) is 0.758. The summed E-state index contributed by atoms with van der Waals surface area (Å²) in [5.41, 5.74) is 0.938. The van der Waals surface area contributed by atoms with Crippen LogP contribution in [0.15, 0.2) is 6.07 Å². The molecule has 5 nitrogen and oxygen atoms in total. The molecule has 0 aliphatic heterocycles. The van der Waals surface area contributed by atoms with Crippen molar-refractivity contribution in [3.05, 3.63) is 11.8 Å². The summed E-state index contributed by atoms with van der Waals surface area (Å²) in [4.78, 5) is 9.93. The first-order valence-electron chi connectivity index (χ1n) is 4.54. The standard InChI is InChI=1S/C9H15N3O2/c1-8-6-9(12(2)11-8)14-5-3-4-10-7-13/h6-7H,3-5H2,1-2H3,(H,10,13). The minimum absolute atomic E-state index is 0.583. The van der Waals surface area contributed by atoms with Crippen LogP contribution in [0.5, 0.6) is 5.88 Å². The van der Waals surface area contributed by atoms with Gasteiger partial charge in [-0.05, 0) is 13.3 Å². The van der Waals surface area contributed by atoms with Crippen molar-refractivity contribution in [3.8, 4) is 5.88 Å². The van der Waals surface area contributed by atoms with Gasteiger partial charge in [-0.1, -0.05) is 0 Å². The summed E-state index contributed by atoms with van der Waals surface area (Å²) >= 11 is 0. The molecule has 0 aromatic carbocycles. The molecule has 0 unspecified atom stereocenters. The van der Waals surface area contributed by atoms with Crippen LogP contribution < -0.4 is 10.1 Å². The Kier molecular flexibility index (Phi) is 3.97. The fraction of sp³-hybridized carbons (Fsp3) is 0.556. The lowest BCUT2D eigenvalue weighted by atomic mass is 10.4. The number of hydrogen-bond donors (Lipinski definition) is 1. The Morgan fingerprint density at radius 2 is 2.50 bits per heavy atom. The van der Waals surface area contributed by atoms with E-state index < -0.39 is 0 Å². The Bertz CT molecular complexity index is 296. The molecule has 0 spiro atoms. The summed E-state index contributed by atoms with van der Waals surface area (Å²) < 4.78 is 7.15. The average Bonchev–Trinajstić information content (AvgIpc) is 2.45. The second-order valence-electron chi connectivity index (χ2n) is 3.02. The molecule has 1 aromatic rings. The monoisotopic (exact) mass is 197 g/mol. The molecule has 1 heterocycles. The van der Waals surface area contributed by atoms with Gasteiger partial charge < -0.3 is 10.1 Å². The molecule has 0 radical (unpaired) electrons. The van der Waals surface area contributed by atoms with Crippen molar-refractivity contribution >= 4 is 6.41 Å². The molecule has 0 saturated carbocycles. The molecule has 0 aliphatic carbocycles. The molecule has 14 heavy (non-hydrogen) atoms. The minimum atomic E-state index is 0.583. The molecule has 0 bridgehead atoms. The van der Waals surface area contributed by atoms with Crippen molar-refractivity contribution in [2.75, 3.05) is 13.2 Å². The molecule has 0 fully saturated rings. The molecular weight excluding hydrogens is 182 g/mol. The van der Waals surface area contributed by atoms with Crippen LogP contribution in [0.25, 0.3) is 0 Å². The molecule has 0 aliphatic rings. The summed E-state index contributed by atoms with van der Waals surface area (Å²) in [6.07, 6.45) is 1.48. The maximum atomic E-state index is 9.93. The zero-order chi connectivity index (χ0) is 10.4. The van der Waals surface area contributed by atoms with E-state index >= 15 is 0 Å². The van der Waals surface area contributed by atoms with Crippen LogP contribution in [0, 0.1) is 6.92 Å². The Morgan fingerprint density at radius 1 is 1.71 bits per heavy atom. The number of ether oxygens (including phenoxy) is 1. The highest BCUT2D eigenvalue weighted by atomic mass is 16.5. The lowest BCUT2D eigenvalue weighted by Crippen LogP contribution is -2.15. The maximum absolute atomic E-state index is 9.93. The molecule has 5 heteroatoms. The topological polar surface area (TPSA) is 56.1 Å². The van der Waals surface area contributed by atoms with Crippen molar-refractivity contribution in [1.82, 2.24) is 15.1 Å². The van der Waals surface area contributed by atoms with Gasteiger partial charge >= 0.3 is 0 Å². The van der Waals surface area contributed by atoms with Gasteiger partial charge in [0, 0.05) is 19.7 Å². The van der Waals surface area contributed by atoms with Crippen LogP contribution in [-0.2, 0) is 11.8 Å². The van der Waals surface area contributed by atoms with Crippen LogP contribution in [-0.4, -0.2) is 29.3 Å². The van der Waals surface area contributed by atoms with Gasteiger partial charge in [-0.25, -0.2) is 4.68 Å². The smallest absolute Gasteiger partial charge is 0.211 e. The minimum Gasteiger partial charge on any atom is -0.478 e. The fourth-order valence-electron chi connectivity index (χ4n) is 1.13. The van der Waals surface area contributed by atoms with Crippen molar-refractivity contribution in [1.29, 1.82) is 0 Å². The van der Waals surface area contributed by atoms with Crippen LogP contribution in [0.3, 0.4) is 0 Å². The van der Waals surface area contributed by atoms with E-state index in [-0.39, 0.29) is 0 Å². The number of carbonyl (C=O) groups excluding carboxylic acids is 1. The summed E-state index contributed by atoms with van der Waals surface area (Å²) in [6, 6.07) is 1.88. The van der Waals surface area contributed by atoms with E-state index in [0.717, 1.165) is 18.0 Å². The van der Waals surface area contributed by atoms with Crippen LogP contribution >= 0.6 is 0 Å². The summed E-state index contributed by atoms with van der Waals surface area (Å²) in [5, 5.41) is 6.72. The van der Waals surface area contributed by atoms with Crippen molar-refractivity contribution in [2.24, 2.45) is 7.05 Å². The van der Waals surface area contributed by atoms with Gasteiger partial charge in [0.25, 0.3) is 0 Å². The van der Waals surface area contributed by atoms with E-state index in [1.165, 1.54) is 0 Å². The number of hydrogen-bond acceptors (Lipinski definition) is 3. The first-order valence-corrected chi connectivity index (χ1v) is 4.54. The average molecular weight is 197 g/mol. The Hall–Kier alpha value is -1.52. The predicted molar refractivity (Wildman–Crippen MR) is 52.1 cm³/mol. The van der Waals surface area contributed by atoms with Gasteiger partial charge in [0.05, 0.1) is 12.3 Å². The van der Waals surface area contributed by atoms with Crippen molar-refractivity contribution in [3.63, 3.8) is 0 Å². The van der Waals surface area contributed by atoms with E-state index in [4.69, 9.17) is 4.74 Å². The zero-order valence-corrected chi connectivity index (χ0v) is 8.49. The number of rotatable bonds is 6. The summed E-state index contributed by atoms with van der Waals surface area (Å²) in [6.45, 7) is 3.14. The number of carbonyl (C=O) groups is 1. The van der Waals surface area contributed by atoms with Gasteiger partial charge in [-0.2, -0.15) is 5.10 Å². The van der Waals surface area contributed by atoms with Crippen LogP contribution in [0.1, 0.15) is 12.1 Å². The fourth-order valence-corrected chi connectivity index (χ4v) is 1.13. The van der Waals surface area contributed by atoms with E-state index in [1.807, 2.05) is 20.0 Å². The lowest BCUT2D eigenvalue weighted by molar-refractivity contribution is -0.109. The second-order valence-corrected chi connectivity index (χ2v) is 3.02. The maximum Gasteiger partial charge on any atom is 0.211 e.